The predicted molar refractivity (Wildman–Crippen MR) is 101 cm³/mol. The number of benzene rings is 1. The number of hydrogen-bond donors (Lipinski definition) is 2. The number of carboxylic acid groups (broad SMARTS) is 1. The average Bonchev–Trinajstić information content (AvgIpc) is 3.06. The van der Waals surface area contributed by atoms with Gasteiger partial charge in [-0.2, -0.15) is 0 Å². The van der Waals surface area contributed by atoms with Gasteiger partial charge in [-0.1, -0.05) is 0 Å². The molecule has 1 aromatic carbocycles. The molecule has 0 bridgehead atoms. The number of ether oxygens (including phenoxy) is 2. The normalized spacial score (nSPS) is 11.1. The highest BCUT2D eigenvalue weighted by Crippen LogP contribution is 2.35. The van der Waals surface area contributed by atoms with E-state index in [0.29, 0.717) is 10.6 Å². The van der Waals surface area contributed by atoms with E-state index in [-0.39, 0.29) is 4.88 Å². The van der Waals surface area contributed by atoms with Crippen LogP contribution in [0, 0.1) is 0 Å². The van der Waals surface area contributed by atoms with Crippen molar-refractivity contribution in [3.8, 4) is 16.2 Å². The number of rotatable bonds is 7. The van der Waals surface area contributed by atoms with Crippen LogP contribution in [0.25, 0.3) is 10.4 Å². The quantitative estimate of drug-likeness (QED) is 0.557. The molecule has 25 heavy (non-hydrogen) atoms. The van der Waals surface area contributed by atoms with Crippen molar-refractivity contribution in [1.29, 1.82) is 0 Å². The molecule has 0 unspecified atom stereocenters. The van der Waals surface area contributed by atoms with Gasteiger partial charge in [0.05, 0.1) is 19.9 Å². The maximum absolute atomic E-state index is 11.6. The Labute approximate surface area is 153 Å². The molecule has 0 amide bonds. The number of carbonyl (C=O) groups is 2. The zero-order valence-corrected chi connectivity index (χ0v) is 15.5. The molecule has 0 spiro atoms. The third-order valence-corrected chi connectivity index (χ3v) is 5.16. The molecule has 0 aliphatic rings. The Morgan fingerprint density at radius 2 is 1.92 bits per heavy atom. The third-order valence-electron chi connectivity index (χ3n) is 3.27. The van der Waals surface area contributed by atoms with Crippen molar-refractivity contribution in [2.45, 2.75) is 0 Å². The first-order valence-electron chi connectivity index (χ1n) is 7.10. The predicted octanol–water partition coefficient (Wildman–Crippen LogP) is 3.91. The summed E-state index contributed by atoms with van der Waals surface area (Å²) in [6.07, 6.45) is 3.18. The lowest BCUT2D eigenvalue weighted by Gasteiger charge is -2.03. The molecule has 0 aliphatic carbocycles. The summed E-state index contributed by atoms with van der Waals surface area (Å²) in [5, 5.41) is 12.3. The molecule has 1 heterocycles. The molecule has 2 N–H and O–H groups in total. The van der Waals surface area contributed by atoms with Gasteiger partial charge in [0.25, 0.3) is 0 Å². The first kappa shape index (κ1) is 18.9. The van der Waals surface area contributed by atoms with E-state index in [9.17, 15) is 14.7 Å². The van der Waals surface area contributed by atoms with Gasteiger partial charge in [-0.3, -0.25) is 0 Å². The molecule has 0 saturated carbocycles. The molecular formula is C17H17NO5S2. The largest absolute Gasteiger partial charge is 0.497 e. The van der Waals surface area contributed by atoms with Gasteiger partial charge in [0.2, 0.25) is 0 Å². The van der Waals surface area contributed by atoms with Crippen LogP contribution in [-0.4, -0.2) is 37.5 Å². The van der Waals surface area contributed by atoms with Crippen LogP contribution in [0.15, 0.2) is 41.4 Å². The number of carboxylic acids is 1. The molecule has 0 fully saturated rings. The van der Waals surface area contributed by atoms with E-state index in [0.717, 1.165) is 27.5 Å². The van der Waals surface area contributed by atoms with Crippen molar-refractivity contribution in [2.24, 2.45) is 0 Å². The van der Waals surface area contributed by atoms with E-state index < -0.39 is 11.9 Å². The number of methoxy groups -OCH3 is 2. The molecule has 1 aromatic heterocycles. The summed E-state index contributed by atoms with van der Waals surface area (Å²) < 4.78 is 9.80. The van der Waals surface area contributed by atoms with E-state index in [1.165, 1.54) is 25.1 Å². The molecular weight excluding hydrogens is 362 g/mol. The summed E-state index contributed by atoms with van der Waals surface area (Å²) in [5.74, 6) is -0.797. The van der Waals surface area contributed by atoms with E-state index in [2.05, 4.69) is 10.1 Å². The number of aromatic carboxylic acids is 1. The minimum Gasteiger partial charge on any atom is -0.497 e. The number of thiophene rings is 1. The lowest BCUT2D eigenvalue weighted by atomic mass is 10.2. The molecule has 2 rings (SSSR count). The van der Waals surface area contributed by atoms with Gasteiger partial charge >= 0.3 is 11.9 Å². The van der Waals surface area contributed by atoms with Gasteiger partial charge in [0, 0.05) is 11.1 Å². The van der Waals surface area contributed by atoms with Gasteiger partial charge in [-0.05, 0) is 42.2 Å². The number of nitrogens with one attached hydrogen (secondary N) is 1. The Morgan fingerprint density at radius 1 is 1.24 bits per heavy atom. The summed E-state index contributed by atoms with van der Waals surface area (Å²) in [6.45, 7) is 0. The molecule has 2 aromatic rings. The lowest BCUT2D eigenvalue weighted by molar-refractivity contribution is -0.135. The monoisotopic (exact) mass is 379 g/mol. The van der Waals surface area contributed by atoms with E-state index in [4.69, 9.17) is 4.74 Å². The van der Waals surface area contributed by atoms with Crippen LogP contribution in [-0.2, 0) is 9.53 Å². The first-order chi connectivity index (χ1) is 12.0. The SMILES string of the molecule is COC(=O)C(=CNc1cc(-c2ccc(OC)cc2)sc1C(=O)O)SC. The number of thioether (sulfide) groups is 1. The minimum atomic E-state index is -1.04. The Bertz CT molecular complexity index is 796. The third kappa shape index (κ3) is 4.55. The number of anilines is 1. The van der Waals surface area contributed by atoms with Gasteiger partial charge in [-0.25, -0.2) is 9.59 Å². The van der Waals surface area contributed by atoms with Gasteiger partial charge in [0.15, 0.2) is 0 Å². The van der Waals surface area contributed by atoms with Crippen LogP contribution in [0.5, 0.6) is 5.75 Å². The lowest BCUT2D eigenvalue weighted by Crippen LogP contribution is -2.04. The zero-order chi connectivity index (χ0) is 18.4. The van der Waals surface area contributed by atoms with Gasteiger partial charge in [0.1, 0.15) is 15.5 Å². The smallest absolute Gasteiger partial charge is 0.348 e. The molecule has 6 nitrogen and oxygen atoms in total. The van der Waals surface area contributed by atoms with Crippen LogP contribution in [0.3, 0.4) is 0 Å². The van der Waals surface area contributed by atoms with Crippen LogP contribution in [0.1, 0.15) is 9.67 Å². The summed E-state index contributed by atoms with van der Waals surface area (Å²) in [4.78, 5) is 24.4. The summed E-state index contributed by atoms with van der Waals surface area (Å²) in [7, 11) is 2.88. The second kappa shape index (κ2) is 8.59. The molecule has 0 saturated heterocycles. The van der Waals surface area contributed by atoms with Crippen molar-refractivity contribution < 1.29 is 24.2 Å². The Morgan fingerprint density at radius 3 is 2.44 bits per heavy atom. The topological polar surface area (TPSA) is 84.9 Å². The van der Waals surface area contributed by atoms with Crippen molar-refractivity contribution >= 4 is 40.7 Å². The second-order valence-corrected chi connectivity index (χ2v) is 6.64. The first-order valence-corrected chi connectivity index (χ1v) is 9.14. The molecule has 8 heteroatoms. The highest BCUT2D eigenvalue weighted by Gasteiger charge is 2.17. The zero-order valence-electron chi connectivity index (χ0n) is 13.9. The standard InChI is InChI=1S/C17H17NO5S2/c1-22-11-6-4-10(5-7-11)13-8-12(15(25-13)16(19)20)18-9-14(24-3)17(21)23-2/h4-9,18H,1-3H3,(H,19,20). The van der Waals surface area contributed by atoms with Crippen LogP contribution < -0.4 is 10.1 Å². The highest BCUT2D eigenvalue weighted by molar-refractivity contribution is 8.03. The fourth-order valence-corrected chi connectivity index (χ4v) is 3.39. The van der Waals surface area contributed by atoms with Crippen molar-refractivity contribution in [2.75, 3.05) is 25.8 Å². The molecule has 0 aliphatic heterocycles. The average molecular weight is 379 g/mol. The van der Waals surface area contributed by atoms with Gasteiger partial charge < -0.3 is 19.9 Å². The highest BCUT2D eigenvalue weighted by atomic mass is 32.2. The molecule has 132 valence electrons. The molecule has 0 radical (unpaired) electrons. The number of carbonyl (C=O) groups excluding carboxylic acids is 1. The molecule has 0 atom stereocenters. The fourth-order valence-electron chi connectivity index (χ4n) is 2.00. The maximum Gasteiger partial charge on any atom is 0.348 e. The van der Waals surface area contributed by atoms with Crippen LogP contribution in [0.2, 0.25) is 0 Å². The van der Waals surface area contributed by atoms with Crippen LogP contribution >= 0.6 is 23.1 Å². The van der Waals surface area contributed by atoms with Gasteiger partial charge in [-0.15, -0.1) is 23.1 Å². The number of hydrogen-bond acceptors (Lipinski definition) is 7. The van der Waals surface area contributed by atoms with Crippen LogP contribution in [0.4, 0.5) is 5.69 Å². The number of esters is 1. The summed E-state index contributed by atoms with van der Waals surface area (Å²) >= 11 is 2.36. The van der Waals surface area contributed by atoms with E-state index in [1.54, 1.807) is 19.4 Å². The van der Waals surface area contributed by atoms with Crippen molar-refractivity contribution in [1.82, 2.24) is 0 Å². The Hall–Kier alpha value is -2.45. The van der Waals surface area contributed by atoms with Crippen molar-refractivity contribution in [3.63, 3.8) is 0 Å². The Kier molecular flexibility index (Phi) is 6.49. The summed E-state index contributed by atoms with van der Waals surface area (Å²) in [6, 6.07) is 9.08. The second-order valence-electron chi connectivity index (χ2n) is 4.74. The Balaban J connectivity index is 2.34. The van der Waals surface area contributed by atoms with E-state index >= 15 is 0 Å². The minimum absolute atomic E-state index is 0.160. The fraction of sp³-hybridized carbons (Fsp3) is 0.176. The van der Waals surface area contributed by atoms with E-state index in [1.807, 2.05) is 24.3 Å². The maximum atomic E-state index is 11.6. The van der Waals surface area contributed by atoms with Crippen molar-refractivity contribution in [3.05, 3.63) is 46.3 Å². The summed E-state index contributed by atoms with van der Waals surface area (Å²) in [5.41, 5.74) is 1.29.